The van der Waals surface area contributed by atoms with Gasteiger partial charge in [-0.2, -0.15) is 8.42 Å². The standard InChI is InChI=1S/C16H12N2O5S/c19-14-8-6-11(24(21,22)23)9-13(14)17-18-16-12-4-2-1-3-10(12)5-7-15(16)20/h1-9,19-20H,(H,21,22,23)/b18-17+. The number of phenols is 2. The third kappa shape index (κ3) is 3.05. The van der Waals surface area contributed by atoms with Crippen LogP contribution in [0.5, 0.6) is 11.5 Å². The highest BCUT2D eigenvalue weighted by molar-refractivity contribution is 7.85. The molecule has 0 atom stereocenters. The number of hydrogen-bond acceptors (Lipinski definition) is 6. The fourth-order valence-electron chi connectivity index (χ4n) is 2.20. The number of azo groups is 1. The van der Waals surface area contributed by atoms with Gasteiger partial charge in [0.25, 0.3) is 10.1 Å². The number of hydrogen-bond donors (Lipinski definition) is 3. The van der Waals surface area contributed by atoms with Crippen LogP contribution < -0.4 is 0 Å². The quantitative estimate of drug-likeness (QED) is 0.491. The molecule has 3 aromatic carbocycles. The first-order valence-corrected chi connectivity index (χ1v) is 8.23. The molecule has 3 rings (SSSR count). The summed E-state index contributed by atoms with van der Waals surface area (Å²) in [6, 6.07) is 13.5. The van der Waals surface area contributed by atoms with Crippen LogP contribution in [0.15, 0.2) is 69.7 Å². The van der Waals surface area contributed by atoms with Crippen molar-refractivity contribution >= 4 is 32.3 Å². The Balaban J connectivity index is 2.11. The third-order valence-electron chi connectivity index (χ3n) is 3.38. The lowest BCUT2D eigenvalue weighted by atomic mass is 10.1. The largest absolute Gasteiger partial charge is 0.506 e. The first-order valence-electron chi connectivity index (χ1n) is 6.79. The van der Waals surface area contributed by atoms with E-state index >= 15 is 0 Å². The summed E-state index contributed by atoms with van der Waals surface area (Å²) in [4.78, 5) is -0.420. The topological polar surface area (TPSA) is 120 Å². The van der Waals surface area contributed by atoms with Gasteiger partial charge in [0.15, 0.2) is 0 Å². The van der Waals surface area contributed by atoms with E-state index in [1.807, 2.05) is 12.1 Å². The van der Waals surface area contributed by atoms with Gasteiger partial charge in [-0.25, -0.2) is 0 Å². The van der Waals surface area contributed by atoms with Gasteiger partial charge >= 0.3 is 0 Å². The molecule has 0 aromatic heterocycles. The van der Waals surface area contributed by atoms with Crippen molar-refractivity contribution in [1.29, 1.82) is 0 Å². The van der Waals surface area contributed by atoms with Crippen molar-refractivity contribution in [2.45, 2.75) is 4.90 Å². The predicted molar refractivity (Wildman–Crippen MR) is 87.7 cm³/mol. The van der Waals surface area contributed by atoms with Gasteiger partial charge in [0, 0.05) is 5.39 Å². The van der Waals surface area contributed by atoms with Crippen molar-refractivity contribution in [3.8, 4) is 11.5 Å². The lowest BCUT2D eigenvalue weighted by Gasteiger charge is -2.04. The summed E-state index contributed by atoms with van der Waals surface area (Å²) in [7, 11) is -4.43. The zero-order valence-electron chi connectivity index (χ0n) is 12.2. The summed E-state index contributed by atoms with van der Waals surface area (Å²) in [6.45, 7) is 0. The highest BCUT2D eigenvalue weighted by Crippen LogP contribution is 2.37. The average molecular weight is 344 g/mol. The van der Waals surface area contributed by atoms with Crippen LogP contribution in [0.1, 0.15) is 0 Å². The Hall–Kier alpha value is -2.97. The fraction of sp³-hybridized carbons (Fsp3) is 0. The van der Waals surface area contributed by atoms with Crippen LogP contribution in [0.2, 0.25) is 0 Å². The maximum absolute atomic E-state index is 11.2. The van der Waals surface area contributed by atoms with Gasteiger partial charge in [-0.1, -0.05) is 30.3 Å². The molecule has 0 saturated heterocycles. The molecule has 3 N–H and O–H groups in total. The van der Waals surface area contributed by atoms with Crippen LogP contribution in [0, 0.1) is 0 Å². The van der Waals surface area contributed by atoms with Crippen LogP contribution in [-0.2, 0) is 10.1 Å². The second-order valence-electron chi connectivity index (χ2n) is 4.98. The van der Waals surface area contributed by atoms with E-state index in [2.05, 4.69) is 10.2 Å². The molecule has 0 radical (unpaired) electrons. The number of nitrogens with zero attached hydrogens (tertiary/aromatic N) is 2. The Morgan fingerprint density at radius 1 is 0.833 bits per heavy atom. The summed E-state index contributed by atoms with van der Waals surface area (Å²) in [6.07, 6.45) is 0. The molecular weight excluding hydrogens is 332 g/mol. The van der Waals surface area contributed by atoms with E-state index in [9.17, 15) is 18.6 Å². The monoisotopic (exact) mass is 344 g/mol. The SMILES string of the molecule is O=S(=O)(O)c1ccc(O)c(/N=N/c2c(O)ccc3ccccc23)c1. The first-order chi connectivity index (χ1) is 11.4. The molecule has 8 heteroatoms. The van der Waals surface area contributed by atoms with Crippen LogP contribution >= 0.6 is 0 Å². The summed E-state index contributed by atoms with van der Waals surface area (Å²) in [5.74, 6) is -0.422. The number of rotatable bonds is 3. The summed E-state index contributed by atoms with van der Waals surface area (Å²) in [5, 5.41) is 29.0. The van der Waals surface area contributed by atoms with Gasteiger partial charge in [-0.05, 0) is 29.7 Å². The van der Waals surface area contributed by atoms with Crippen molar-refractivity contribution in [3.63, 3.8) is 0 Å². The summed E-state index contributed by atoms with van der Waals surface area (Å²) < 4.78 is 31.4. The Morgan fingerprint density at radius 2 is 1.54 bits per heavy atom. The summed E-state index contributed by atoms with van der Waals surface area (Å²) >= 11 is 0. The van der Waals surface area contributed by atoms with Gasteiger partial charge in [-0.15, -0.1) is 10.2 Å². The fourth-order valence-corrected chi connectivity index (χ4v) is 2.70. The van der Waals surface area contributed by atoms with E-state index in [1.165, 1.54) is 6.07 Å². The molecule has 3 aromatic rings. The van der Waals surface area contributed by atoms with Crippen LogP contribution in [0.4, 0.5) is 11.4 Å². The predicted octanol–water partition coefficient (Wildman–Crippen LogP) is 3.91. The normalized spacial score (nSPS) is 12.0. The van der Waals surface area contributed by atoms with Gasteiger partial charge in [0.05, 0.1) is 4.90 Å². The molecule has 7 nitrogen and oxygen atoms in total. The van der Waals surface area contributed by atoms with Crippen molar-refractivity contribution in [1.82, 2.24) is 0 Å². The second-order valence-corrected chi connectivity index (χ2v) is 6.40. The molecular formula is C16H12N2O5S. The van der Waals surface area contributed by atoms with Crippen LogP contribution in [-0.4, -0.2) is 23.2 Å². The van der Waals surface area contributed by atoms with Gasteiger partial charge < -0.3 is 10.2 Å². The zero-order chi connectivity index (χ0) is 17.3. The van der Waals surface area contributed by atoms with E-state index in [4.69, 9.17) is 4.55 Å². The molecule has 0 saturated carbocycles. The maximum atomic E-state index is 11.2. The Bertz CT molecular complexity index is 1060. The molecule has 122 valence electrons. The molecule has 0 aliphatic heterocycles. The van der Waals surface area contributed by atoms with Crippen molar-refractivity contribution in [2.75, 3.05) is 0 Å². The minimum atomic E-state index is -4.43. The van der Waals surface area contributed by atoms with Gasteiger partial charge in [-0.3, -0.25) is 4.55 Å². The minimum Gasteiger partial charge on any atom is -0.506 e. The maximum Gasteiger partial charge on any atom is 0.294 e. The third-order valence-corrected chi connectivity index (χ3v) is 4.23. The average Bonchev–Trinajstić information content (AvgIpc) is 2.54. The molecule has 0 unspecified atom stereocenters. The van der Waals surface area contributed by atoms with Gasteiger partial charge in [0.2, 0.25) is 0 Å². The number of benzene rings is 3. The summed E-state index contributed by atoms with van der Waals surface area (Å²) in [5.41, 5.74) is 0.0298. The highest BCUT2D eigenvalue weighted by Gasteiger charge is 2.13. The smallest absolute Gasteiger partial charge is 0.294 e. The van der Waals surface area contributed by atoms with Crippen molar-refractivity contribution in [3.05, 3.63) is 54.6 Å². The lowest BCUT2D eigenvalue weighted by molar-refractivity contribution is 0.472. The molecule has 0 amide bonds. The van der Waals surface area contributed by atoms with E-state index in [0.29, 0.717) is 5.39 Å². The van der Waals surface area contributed by atoms with Crippen molar-refractivity contribution in [2.24, 2.45) is 10.2 Å². The van der Waals surface area contributed by atoms with E-state index < -0.39 is 15.0 Å². The molecule has 0 spiro atoms. The number of phenolic OH excluding ortho intramolecular Hbond substituents is 2. The first kappa shape index (κ1) is 15.9. The molecule has 0 aliphatic rings. The van der Waals surface area contributed by atoms with E-state index in [1.54, 1.807) is 18.2 Å². The molecule has 0 heterocycles. The van der Waals surface area contributed by atoms with E-state index in [-0.39, 0.29) is 22.9 Å². The Morgan fingerprint density at radius 3 is 2.29 bits per heavy atom. The van der Waals surface area contributed by atoms with Crippen LogP contribution in [0.25, 0.3) is 10.8 Å². The lowest BCUT2D eigenvalue weighted by Crippen LogP contribution is -1.96. The second kappa shape index (κ2) is 5.91. The minimum absolute atomic E-state index is 0.108. The van der Waals surface area contributed by atoms with E-state index in [0.717, 1.165) is 23.6 Å². The molecule has 0 aliphatic carbocycles. The highest BCUT2D eigenvalue weighted by atomic mass is 32.2. The molecule has 0 bridgehead atoms. The van der Waals surface area contributed by atoms with Gasteiger partial charge in [0.1, 0.15) is 22.9 Å². The Kier molecular flexibility index (Phi) is 3.92. The molecule has 24 heavy (non-hydrogen) atoms. The van der Waals surface area contributed by atoms with Crippen molar-refractivity contribution < 1.29 is 23.2 Å². The zero-order valence-corrected chi connectivity index (χ0v) is 13.0. The van der Waals surface area contributed by atoms with Crippen LogP contribution in [0.3, 0.4) is 0 Å². The number of aromatic hydroxyl groups is 2. The molecule has 0 fully saturated rings. The Labute approximate surface area is 137 Å². The number of fused-ring (bicyclic) bond motifs is 1.